The zero-order valence-electron chi connectivity index (χ0n) is 11.9. The molecular formula is C13H28N2O3. The fourth-order valence-electron chi connectivity index (χ4n) is 1.74. The van der Waals surface area contributed by atoms with Crippen molar-refractivity contribution in [3.05, 3.63) is 0 Å². The van der Waals surface area contributed by atoms with E-state index in [1.165, 1.54) is 0 Å². The van der Waals surface area contributed by atoms with Crippen LogP contribution in [0.15, 0.2) is 0 Å². The Morgan fingerprint density at radius 1 is 1.39 bits per heavy atom. The second-order valence-corrected chi connectivity index (χ2v) is 5.77. The quantitative estimate of drug-likeness (QED) is 0.532. The van der Waals surface area contributed by atoms with Gasteiger partial charge in [-0.3, -0.25) is 4.79 Å². The van der Waals surface area contributed by atoms with Crippen molar-refractivity contribution < 1.29 is 14.6 Å². The zero-order chi connectivity index (χ0) is 14.0. The molecule has 1 unspecified atom stereocenters. The molecule has 0 heterocycles. The van der Waals surface area contributed by atoms with Gasteiger partial charge >= 0.3 is 0 Å². The summed E-state index contributed by atoms with van der Waals surface area (Å²) in [5, 5.41) is 11.3. The lowest BCUT2D eigenvalue weighted by atomic mass is 9.87. The largest absolute Gasteiger partial charge is 0.394 e. The highest BCUT2D eigenvalue weighted by molar-refractivity contribution is 5.76. The van der Waals surface area contributed by atoms with Crippen molar-refractivity contribution in [3.8, 4) is 0 Å². The first-order valence-electron chi connectivity index (χ1n) is 6.56. The molecule has 0 aliphatic heterocycles. The predicted octanol–water partition coefficient (Wildman–Crippen LogP) is 0.655. The molecule has 0 bridgehead atoms. The molecule has 0 aromatic carbocycles. The van der Waals surface area contributed by atoms with Gasteiger partial charge in [0.1, 0.15) is 0 Å². The molecule has 1 atom stereocenters. The summed E-state index contributed by atoms with van der Waals surface area (Å²) in [5.74, 6) is -0.00564. The Balaban J connectivity index is 3.53. The summed E-state index contributed by atoms with van der Waals surface area (Å²) in [6, 6.07) is -0.0874. The summed E-state index contributed by atoms with van der Waals surface area (Å²) in [6.07, 6.45) is 1.95. The predicted molar refractivity (Wildman–Crippen MR) is 72.2 cm³/mol. The van der Waals surface area contributed by atoms with Crippen LogP contribution in [0.3, 0.4) is 0 Å². The zero-order valence-corrected chi connectivity index (χ0v) is 11.9. The Bertz CT molecular complexity index is 227. The van der Waals surface area contributed by atoms with Crippen LogP contribution < -0.4 is 11.1 Å². The Labute approximate surface area is 110 Å². The van der Waals surface area contributed by atoms with E-state index in [-0.39, 0.29) is 24.0 Å². The average Bonchev–Trinajstić information content (AvgIpc) is 2.20. The second-order valence-electron chi connectivity index (χ2n) is 5.77. The summed E-state index contributed by atoms with van der Waals surface area (Å²) < 4.78 is 5.09. The molecule has 0 fully saturated rings. The van der Waals surface area contributed by atoms with Crippen LogP contribution in [0.1, 0.15) is 40.0 Å². The van der Waals surface area contributed by atoms with E-state index >= 15 is 0 Å². The molecule has 4 N–H and O–H groups in total. The fourth-order valence-corrected chi connectivity index (χ4v) is 1.74. The van der Waals surface area contributed by atoms with Crippen molar-refractivity contribution in [3.63, 3.8) is 0 Å². The maximum absolute atomic E-state index is 11.6. The molecule has 5 heteroatoms. The molecule has 0 aliphatic rings. The van der Waals surface area contributed by atoms with Gasteiger partial charge in [0.2, 0.25) is 5.91 Å². The molecule has 0 rings (SSSR count). The standard InChI is InChI=1S/C13H28N2O3/c1-13(2,3)10-11(14)9-12(17)15-5-4-7-18-8-6-16/h11,16H,4-10,14H2,1-3H3,(H,15,17). The lowest BCUT2D eigenvalue weighted by molar-refractivity contribution is -0.121. The smallest absolute Gasteiger partial charge is 0.221 e. The monoisotopic (exact) mass is 260 g/mol. The lowest BCUT2D eigenvalue weighted by Gasteiger charge is -2.22. The van der Waals surface area contributed by atoms with Gasteiger partial charge in [-0.2, -0.15) is 0 Å². The molecule has 108 valence electrons. The van der Waals surface area contributed by atoms with Crippen LogP contribution in [0.2, 0.25) is 0 Å². The fraction of sp³-hybridized carbons (Fsp3) is 0.923. The van der Waals surface area contributed by atoms with Gasteiger partial charge in [-0.15, -0.1) is 0 Å². The van der Waals surface area contributed by atoms with Crippen LogP contribution in [-0.4, -0.2) is 43.4 Å². The van der Waals surface area contributed by atoms with Gasteiger partial charge in [0.05, 0.1) is 13.2 Å². The highest BCUT2D eigenvalue weighted by atomic mass is 16.5. The van der Waals surface area contributed by atoms with Crippen molar-refractivity contribution in [2.24, 2.45) is 11.1 Å². The molecule has 0 saturated heterocycles. The topological polar surface area (TPSA) is 84.6 Å². The Hall–Kier alpha value is -0.650. The van der Waals surface area contributed by atoms with Gasteiger partial charge in [0.15, 0.2) is 0 Å². The molecule has 0 spiro atoms. The van der Waals surface area contributed by atoms with Crippen LogP contribution >= 0.6 is 0 Å². The molecule has 5 nitrogen and oxygen atoms in total. The summed E-state index contributed by atoms with van der Waals surface area (Å²) in [5.41, 5.74) is 6.07. The van der Waals surface area contributed by atoms with Crippen LogP contribution in [0.5, 0.6) is 0 Å². The Kier molecular flexibility index (Phi) is 8.97. The minimum atomic E-state index is -0.0874. The maximum Gasteiger partial charge on any atom is 0.221 e. The van der Waals surface area contributed by atoms with Crippen LogP contribution in [0.25, 0.3) is 0 Å². The van der Waals surface area contributed by atoms with E-state index in [1.54, 1.807) is 0 Å². The van der Waals surface area contributed by atoms with Crippen molar-refractivity contribution in [2.45, 2.75) is 46.1 Å². The number of nitrogens with two attached hydrogens (primary N) is 1. The van der Waals surface area contributed by atoms with Crippen molar-refractivity contribution in [1.82, 2.24) is 5.32 Å². The highest BCUT2D eigenvalue weighted by Crippen LogP contribution is 2.20. The van der Waals surface area contributed by atoms with Gasteiger partial charge in [-0.05, 0) is 18.3 Å². The summed E-state index contributed by atoms with van der Waals surface area (Å²) >= 11 is 0. The number of nitrogens with one attached hydrogen (secondary N) is 1. The molecule has 18 heavy (non-hydrogen) atoms. The molecule has 0 aromatic heterocycles. The molecular weight excluding hydrogens is 232 g/mol. The summed E-state index contributed by atoms with van der Waals surface area (Å²) in [7, 11) is 0. The number of rotatable bonds is 9. The number of carbonyl (C=O) groups excluding carboxylic acids is 1. The van der Waals surface area contributed by atoms with Gasteiger partial charge in [0, 0.05) is 25.6 Å². The minimum absolute atomic E-state index is 0.00564. The van der Waals surface area contributed by atoms with E-state index in [2.05, 4.69) is 26.1 Å². The van der Waals surface area contributed by atoms with E-state index < -0.39 is 0 Å². The van der Waals surface area contributed by atoms with Gasteiger partial charge in [-0.1, -0.05) is 20.8 Å². The highest BCUT2D eigenvalue weighted by Gasteiger charge is 2.17. The number of aliphatic hydroxyl groups excluding tert-OH is 1. The normalized spacial score (nSPS) is 13.4. The summed E-state index contributed by atoms with van der Waals surface area (Å²) in [4.78, 5) is 11.6. The SMILES string of the molecule is CC(C)(C)CC(N)CC(=O)NCCCOCCO. The van der Waals surface area contributed by atoms with Crippen molar-refractivity contribution in [1.29, 1.82) is 0 Å². The van der Waals surface area contributed by atoms with Crippen molar-refractivity contribution >= 4 is 5.91 Å². The average molecular weight is 260 g/mol. The van der Waals surface area contributed by atoms with Gasteiger partial charge in [0.25, 0.3) is 0 Å². The number of ether oxygens (including phenoxy) is 1. The third-order valence-electron chi connectivity index (χ3n) is 2.35. The third kappa shape index (κ3) is 11.8. The van der Waals surface area contributed by atoms with Crippen LogP contribution in [0, 0.1) is 5.41 Å². The van der Waals surface area contributed by atoms with Crippen LogP contribution in [0.4, 0.5) is 0 Å². The molecule has 0 aliphatic carbocycles. The molecule has 1 amide bonds. The molecule has 0 radical (unpaired) electrons. The second kappa shape index (κ2) is 9.30. The van der Waals surface area contributed by atoms with Crippen LogP contribution in [-0.2, 0) is 9.53 Å². The Morgan fingerprint density at radius 3 is 2.61 bits per heavy atom. The first-order chi connectivity index (χ1) is 8.35. The Morgan fingerprint density at radius 2 is 2.06 bits per heavy atom. The third-order valence-corrected chi connectivity index (χ3v) is 2.35. The number of amides is 1. The van der Waals surface area contributed by atoms with Gasteiger partial charge in [-0.25, -0.2) is 0 Å². The first-order valence-corrected chi connectivity index (χ1v) is 6.56. The number of aliphatic hydroxyl groups is 1. The number of carbonyl (C=O) groups is 1. The van der Waals surface area contributed by atoms with E-state index in [1.807, 2.05) is 0 Å². The first kappa shape index (κ1) is 17.4. The number of hydrogen-bond donors (Lipinski definition) is 3. The lowest BCUT2D eigenvalue weighted by Crippen LogP contribution is -2.34. The van der Waals surface area contributed by atoms with Gasteiger partial charge < -0.3 is 20.9 Å². The van der Waals surface area contributed by atoms with E-state index in [0.29, 0.717) is 26.2 Å². The van der Waals surface area contributed by atoms with Crippen molar-refractivity contribution in [2.75, 3.05) is 26.4 Å². The molecule has 0 aromatic rings. The molecule has 0 saturated carbocycles. The van der Waals surface area contributed by atoms with E-state index in [9.17, 15) is 4.79 Å². The van der Waals surface area contributed by atoms with E-state index in [4.69, 9.17) is 15.6 Å². The summed E-state index contributed by atoms with van der Waals surface area (Å²) in [6.45, 7) is 7.87. The maximum atomic E-state index is 11.6. The number of hydrogen-bond acceptors (Lipinski definition) is 4. The minimum Gasteiger partial charge on any atom is -0.394 e. The van der Waals surface area contributed by atoms with E-state index in [0.717, 1.165) is 12.8 Å².